The maximum Gasteiger partial charge on any atom is 0.309 e. The van der Waals surface area contributed by atoms with Gasteiger partial charge in [-0.2, -0.15) is 0 Å². The number of likely N-dealkylation sites (tertiary alicyclic amines) is 1. The molecular weight excluding hydrogens is 478 g/mol. The summed E-state index contributed by atoms with van der Waals surface area (Å²) in [5, 5.41) is 2.71. The molecule has 3 aromatic rings. The second-order valence-electron chi connectivity index (χ2n) is 8.44. The molecule has 0 atom stereocenters. The third-order valence-corrected chi connectivity index (χ3v) is 7.12. The van der Waals surface area contributed by atoms with Crippen LogP contribution in [0, 0.1) is 5.92 Å². The normalized spacial score (nSPS) is 13.8. The number of aromatic nitrogens is 1. The van der Waals surface area contributed by atoms with Crippen molar-refractivity contribution in [1.29, 1.82) is 0 Å². The van der Waals surface area contributed by atoms with Gasteiger partial charge >= 0.3 is 5.97 Å². The van der Waals surface area contributed by atoms with Crippen molar-refractivity contribution in [1.82, 2.24) is 9.88 Å². The van der Waals surface area contributed by atoms with Gasteiger partial charge in [0.15, 0.2) is 5.13 Å². The number of esters is 1. The van der Waals surface area contributed by atoms with Crippen molar-refractivity contribution in [3.63, 3.8) is 0 Å². The number of piperidine rings is 1. The van der Waals surface area contributed by atoms with E-state index in [9.17, 15) is 9.59 Å². The number of anilines is 2. The van der Waals surface area contributed by atoms with Crippen molar-refractivity contribution in [3.8, 4) is 22.8 Å². The van der Waals surface area contributed by atoms with E-state index in [0.717, 1.165) is 33.6 Å². The fraction of sp³-hybridized carbons (Fsp3) is 0.370. The second kappa shape index (κ2) is 11.9. The van der Waals surface area contributed by atoms with E-state index < -0.39 is 0 Å². The second-order valence-corrected chi connectivity index (χ2v) is 9.27. The summed E-state index contributed by atoms with van der Waals surface area (Å²) in [5.74, 6) is 1.21. The first-order valence-corrected chi connectivity index (χ1v) is 12.9. The minimum Gasteiger partial charge on any atom is -0.497 e. The molecular formula is C27H31N3O5S. The number of hydrogen-bond donors (Lipinski definition) is 0. The maximum absolute atomic E-state index is 13.3. The topological polar surface area (TPSA) is 81.2 Å². The zero-order chi connectivity index (χ0) is 25.5. The number of nitrogens with zero attached hydrogens (tertiary/aromatic N) is 3. The summed E-state index contributed by atoms with van der Waals surface area (Å²) in [6, 6.07) is 15.3. The van der Waals surface area contributed by atoms with Gasteiger partial charge < -0.3 is 24.0 Å². The average molecular weight is 510 g/mol. The SMILES string of the molecule is CCOC(=O)C1CCN(C(=O)CN(c2ccc(OC)cc2)c2nc(-c3ccc(OC)cc3)cs2)CC1. The highest BCUT2D eigenvalue weighted by Crippen LogP contribution is 2.33. The van der Waals surface area contributed by atoms with Gasteiger partial charge in [-0.3, -0.25) is 9.59 Å². The van der Waals surface area contributed by atoms with Gasteiger partial charge in [0, 0.05) is 29.7 Å². The Labute approximate surface area is 215 Å². The average Bonchev–Trinajstić information content (AvgIpc) is 3.42. The summed E-state index contributed by atoms with van der Waals surface area (Å²) >= 11 is 1.49. The Morgan fingerprint density at radius 3 is 2.19 bits per heavy atom. The van der Waals surface area contributed by atoms with Crippen LogP contribution in [0.25, 0.3) is 11.3 Å². The first-order valence-electron chi connectivity index (χ1n) is 12.0. The molecule has 0 saturated carbocycles. The predicted octanol–water partition coefficient (Wildman–Crippen LogP) is 4.77. The molecule has 0 aliphatic carbocycles. The van der Waals surface area contributed by atoms with Crippen LogP contribution in [0.3, 0.4) is 0 Å². The molecule has 190 valence electrons. The monoisotopic (exact) mass is 509 g/mol. The summed E-state index contributed by atoms with van der Waals surface area (Å²) in [4.78, 5) is 34.0. The van der Waals surface area contributed by atoms with Crippen LogP contribution >= 0.6 is 11.3 Å². The van der Waals surface area contributed by atoms with Gasteiger partial charge in [-0.1, -0.05) is 0 Å². The number of rotatable bonds is 9. The Morgan fingerprint density at radius 2 is 1.61 bits per heavy atom. The molecule has 1 aliphatic rings. The fourth-order valence-corrected chi connectivity index (χ4v) is 5.03. The first-order chi connectivity index (χ1) is 17.5. The molecule has 1 aromatic heterocycles. The molecule has 0 spiro atoms. The number of hydrogen-bond acceptors (Lipinski definition) is 8. The quantitative estimate of drug-likeness (QED) is 0.385. The Hall–Kier alpha value is -3.59. The molecule has 2 aromatic carbocycles. The highest BCUT2D eigenvalue weighted by molar-refractivity contribution is 7.14. The minimum absolute atomic E-state index is 0.00526. The third kappa shape index (κ3) is 5.96. The van der Waals surface area contributed by atoms with Crippen LogP contribution in [0.2, 0.25) is 0 Å². The Kier molecular flexibility index (Phi) is 8.43. The highest BCUT2D eigenvalue weighted by Gasteiger charge is 2.29. The lowest BCUT2D eigenvalue weighted by molar-refractivity contribution is -0.151. The molecule has 4 rings (SSSR count). The number of amides is 1. The van der Waals surface area contributed by atoms with Crippen LogP contribution in [-0.2, 0) is 14.3 Å². The summed E-state index contributed by atoms with van der Waals surface area (Å²) in [6.07, 6.45) is 1.23. The van der Waals surface area contributed by atoms with Gasteiger partial charge in [0.25, 0.3) is 0 Å². The van der Waals surface area contributed by atoms with Crippen LogP contribution in [0.5, 0.6) is 11.5 Å². The van der Waals surface area contributed by atoms with Crippen molar-refractivity contribution in [2.75, 3.05) is 45.4 Å². The van der Waals surface area contributed by atoms with Crippen molar-refractivity contribution in [2.45, 2.75) is 19.8 Å². The Morgan fingerprint density at radius 1 is 1.00 bits per heavy atom. The van der Waals surface area contributed by atoms with Crippen LogP contribution in [0.1, 0.15) is 19.8 Å². The predicted molar refractivity (Wildman–Crippen MR) is 140 cm³/mol. The summed E-state index contributed by atoms with van der Waals surface area (Å²) in [5.41, 5.74) is 2.65. The van der Waals surface area contributed by atoms with Crippen molar-refractivity contribution in [2.24, 2.45) is 5.92 Å². The van der Waals surface area contributed by atoms with Crippen LogP contribution in [0.15, 0.2) is 53.9 Å². The smallest absolute Gasteiger partial charge is 0.309 e. The van der Waals surface area contributed by atoms with Gasteiger partial charge in [-0.05, 0) is 68.3 Å². The maximum atomic E-state index is 13.3. The molecule has 0 radical (unpaired) electrons. The van der Waals surface area contributed by atoms with E-state index in [-0.39, 0.29) is 24.3 Å². The molecule has 1 aliphatic heterocycles. The van der Waals surface area contributed by atoms with Gasteiger partial charge in [-0.25, -0.2) is 4.98 Å². The van der Waals surface area contributed by atoms with Crippen molar-refractivity contribution < 1.29 is 23.8 Å². The first kappa shape index (κ1) is 25.5. The molecule has 2 heterocycles. The zero-order valence-corrected chi connectivity index (χ0v) is 21.6. The van der Waals surface area contributed by atoms with Gasteiger partial charge in [0.2, 0.25) is 5.91 Å². The molecule has 0 bridgehead atoms. The van der Waals surface area contributed by atoms with Gasteiger partial charge in [0.05, 0.1) is 32.4 Å². The lowest BCUT2D eigenvalue weighted by Crippen LogP contribution is -2.44. The van der Waals surface area contributed by atoms with Crippen molar-refractivity contribution in [3.05, 3.63) is 53.9 Å². The van der Waals surface area contributed by atoms with E-state index >= 15 is 0 Å². The largest absolute Gasteiger partial charge is 0.497 e. The van der Waals surface area contributed by atoms with E-state index in [2.05, 4.69) is 0 Å². The Balaban J connectivity index is 1.52. The van der Waals surface area contributed by atoms with Gasteiger partial charge in [0.1, 0.15) is 18.0 Å². The number of benzene rings is 2. The van der Waals surface area contributed by atoms with Gasteiger partial charge in [-0.15, -0.1) is 11.3 Å². The van der Waals surface area contributed by atoms with Crippen LogP contribution in [0.4, 0.5) is 10.8 Å². The summed E-state index contributed by atoms with van der Waals surface area (Å²) < 4.78 is 15.7. The minimum atomic E-state index is -0.168. The van der Waals surface area contributed by atoms with Crippen LogP contribution < -0.4 is 14.4 Å². The van der Waals surface area contributed by atoms with E-state index in [4.69, 9.17) is 19.2 Å². The number of carbonyl (C=O) groups excluding carboxylic acids is 2. The highest BCUT2D eigenvalue weighted by atomic mass is 32.1. The molecule has 1 amide bonds. The van der Waals surface area contributed by atoms with Crippen LogP contribution in [-0.4, -0.2) is 62.2 Å². The fourth-order valence-electron chi connectivity index (χ4n) is 4.17. The van der Waals surface area contributed by atoms with E-state index in [0.29, 0.717) is 32.5 Å². The van der Waals surface area contributed by atoms with E-state index in [1.807, 2.05) is 70.6 Å². The molecule has 1 saturated heterocycles. The molecule has 36 heavy (non-hydrogen) atoms. The molecule has 9 heteroatoms. The van der Waals surface area contributed by atoms with Crippen molar-refractivity contribution >= 4 is 34.0 Å². The number of carbonyl (C=O) groups is 2. The van der Waals surface area contributed by atoms with E-state index in [1.54, 1.807) is 14.2 Å². The lowest BCUT2D eigenvalue weighted by atomic mass is 9.97. The zero-order valence-electron chi connectivity index (χ0n) is 20.8. The Bertz CT molecular complexity index is 1150. The number of methoxy groups -OCH3 is 2. The molecule has 8 nitrogen and oxygen atoms in total. The summed E-state index contributed by atoms with van der Waals surface area (Å²) in [7, 11) is 3.26. The molecule has 0 N–H and O–H groups in total. The number of thiazole rings is 1. The lowest BCUT2D eigenvalue weighted by Gasteiger charge is -2.32. The van der Waals surface area contributed by atoms with E-state index in [1.165, 1.54) is 11.3 Å². The molecule has 1 fully saturated rings. The third-order valence-electron chi connectivity index (χ3n) is 6.25. The number of ether oxygens (including phenoxy) is 3. The summed E-state index contributed by atoms with van der Waals surface area (Å²) in [6.45, 7) is 3.40. The molecule has 0 unspecified atom stereocenters. The standard InChI is InChI=1S/C27H31N3O5S/c1-4-35-26(32)20-13-15-29(16-14-20)25(31)17-30(21-7-11-23(34-3)12-8-21)27-28-24(18-36-27)19-5-9-22(33-2)10-6-19/h5-12,18,20H,4,13-17H2,1-3H3.